The molecule has 0 aromatic rings. The normalized spacial score (nSPS) is 18.7. The lowest BCUT2D eigenvalue weighted by Gasteiger charge is -2.28. The first-order valence-electron chi connectivity index (χ1n) is 9.05. The number of rotatable bonds is 11. The highest BCUT2D eigenvalue weighted by Crippen LogP contribution is 2.19. The van der Waals surface area contributed by atoms with Crippen LogP contribution in [-0.4, -0.2) is 87.9 Å². The van der Waals surface area contributed by atoms with Crippen LogP contribution in [0.2, 0.25) is 0 Å². The SMILES string of the molecule is NC(=O)CC(N)C(=O)NC(CO)C(=O)NC(CC(N)=O)C(=O)N1CCCC1C(=O)O. The largest absolute Gasteiger partial charge is 0.480 e. The number of nitrogens with one attached hydrogen (secondary N) is 2. The Bertz CT molecular complexity index is 714. The molecule has 4 unspecified atom stereocenters. The van der Waals surface area contributed by atoms with Crippen LogP contribution in [0.1, 0.15) is 25.7 Å². The highest BCUT2D eigenvalue weighted by atomic mass is 16.4. The average Bonchev–Trinajstić information content (AvgIpc) is 3.13. The first-order chi connectivity index (χ1) is 14.0. The zero-order valence-electron chi connectivity index (χ0n) is 16.1. The van der Waals surface area contributed by atoms with Crippen molar-refractivity contribution in [1.29, 1.82) is 0 Å². The first kappa shape index (κ1) is 24.8. The van der Waals surface area contributed by atoms with Gasteiger partial charge in [0.05, 0.1) is 25.5 Å². The van der Waals surface area contributed by atoms with Crippen LogP contribution in [0.5, 0.6) is 0 Å². The second-order valence-electron chi connectivity index (χ2n) is 6.78. The molecule has 168 valence electrons. The van der Waals surface area contributed by atoms with Crippen LogP contribution < -0.4 is 27.8 Å². The molecule has 14 nitrogen and oxygen atoms in total. The molecule has 0 aromatic heterocycles. The Morgan fingerprint density at radius 3 is 2.03 bits per heavy atom. The summed E-state index contributed by atoms with van der Waals surface area (Å²) in [7, 11) is 0. The molecular formula is C16H26N6O8. The van der Waals surface area contributed by atoms with Crippen molar-refractivity contribution in [3.05, 3.63) is 0 Å². The van der Waals surface area contributed by atoms with Crippen LogP contribution >= 0.6 is 0 Å². The molecule has 0 bridgehead atoms. The van der Waals surface area contributed by atoms with Crippen molar-refractivity contribution < 1.29 is 39.0 Å². The first-order valence-corrected chi connectivity index (χ1v) is 9.05. The summed E-state index contributed by atoms with van der Waals surface area (Å²) in [6.07, 6.45) is -0.487. The standard InChI is InChI=1S/C16H26N6O8/c17-7(4-11(18)24)13(26)21-9(6-23)14(27)20-8(5-12(19)25)15(28)22-3-1-2-10(22)16(29)30/h7-10,23H,1-6,17H2,(H2,18,24)(H2,19,25)(H,20,27)(H,21,26)(H,29,30). The summed E-state index contributed by atoms with van der Waals surface area (Å²) in [4.78, 5) is 71.6. The Balaban J connectivity index is 2.89. The van der Waals surface area contributed by atoms with Gasteiger partial charge in [0, 0.05) is 6.54 Å². The van der Waals surface area contributed by atoms with Crippen LogP contribution in [0.4, 0.5) is 0 Å². The number of likely N-dealkylation sites (tertiary alicyclic amines) is 1. The van der Waals surface area contributed by atoms with Gasteiger partial charge in [0.15, 0.2) is 0 Å². The molecule has 0 aliphatic carbocycles. The molecule has 1 rings (SSSR count). The van der Waals surface area contributed by atoms with Crippen LogP contribution in [-0.2, 0) is 28.8 Å². The molecule has 5 amide bonds. The summed E-state index contributed by atoms with van der Waals surface area (Å²) in [6.45, 7) is -0.775. The van der Waals surface area contributed by atoms with Crippen LogP contribution in [0.3, 0.4) is 0 Å². The van der Waals surface area contributed by atoms with E-state index in [1.165, 1.54) is 0 Å². The van der Waals surface area contributed by atoms with Crippen molar-refractivity contribution in [2.45, 2.75) is 49.9 Å². The topological polar surface area (TPSA) is 248 Å². The second kappa shape index (κ2) is 11.1. The van der Waals surface area contributed by atoms with Gasteiger partial charge in [-0.1, -0.05) is 0 Å². The van der Waals surface area contributed by atoms with E-state index < -0.39 is 79.1 Å². The number of carboxylic acids is 1. The van der Waals surface area contributed by atoms with E-state index >= 15 is 0 Å². The summed E-state index contributed by atoms with van der Waals surface area (Å²) < 4.78 is 0. The third-order valence-electron chi connectivity index (χ3n) is 4.41. The van der Waals surface area contributed by atoms with Gasteiger partial charge in [-0.3, -0.25) is 24.0 Å². The summed E-state index contributed by atoms with van der Waals surface area (Å²) >= 11 is 0. The summed E-state index contributed by atoms with van der Waals surface area (Å²) in [6, 6.07) is -5.54. The van der Waals surface area contributed by atoms with Gasteiger partial charge in [-0.15, -0.1) is 0 Å². The third kappa shape index (κ3) is 6.97. The number of hydrogen-bond acceptors (Lipinski definition) is 8. The van der Waals surface area contributed by atoms with Crippen molar-refractivity contribution in [1.82, 2.24) is 15.5 Å². The van der Waals surface area contributed by atoms with Gasteiger partial charge in [-0.25, -0.2) is 4.79 Å². The predicted octanol–water partition coefficient (Wildman–Crippen LogP) is -4.90. The second-order valence-corrected chi connectivity index (χ2v) is 6.78. The molecule has 10 N–H and O–H groups in total. The van der Waals surface area contributed by atoms with Gasteiger partial charge in [0.2, 0.25) is 29.5 Å². The molecule has 0 aromatic carbocycles. The Hall–Kier alpha value is -3.26. The lowest BCUT2D eigenvalue weighted by atomic mass is 10.1. The highest BCUT2D eigenvalue weighted by Gasteiger charge is 2.38. The van der Waals surface area contributed by atoms with E-state index in [1.807, 2.05) is 0 Å². The minimum atomic E-state index is -1.56. The Labute approximate surface area is 171 Å². The van der Waals surface area contributed by atoms with Gasteiger partial charge in [-0.05, 0) is 12.8 Å². The Morgan fingerprint density at radius 1 is 0.967 bits per heavy atom. The molecule has 1 aliphatic heterocycles. The third-order valence-corrected chi connectivity index (χ3v) is 4.41. The van der Waals surface area contributed by atoms with Gasteiger partial charge in [0.1, 0.15) is 18.1 Å². The highest BCUT2D eigenvalue weighted by molar-refractivity contribution is 5.96. The van der Waals surface area contributed by atoms with Crippen LogP contribution in [0.25, 0.3) is 0 Å². The minimum Gasteiger partial charge on any atom is -0.480 e. The molecule has 0 saturated carbocycles. The molecule has 14 heteroatoms. The van der Waals surface area contributed by atoms with E-state index in [0.29, 0.717) is 6.42 Å². The molecule has 1 fully saturated rings. The van der Waals surface area contributed by atoms with Crippen LogP contribution in [0, 0.1) is 0 Å². The number of carbonyl (C=O) groups excluding carboxylic acids is 5. The lowest BCUT2D eigenvalue weighted by Crippen LogP contribution is -2.58. The fraction of sp³-hybridized carbons (Fsp3) is 0.625. The van der Waals surface area contributed by atoms with E-state index in [1.54, 1.807) is 0 Å². The van der Waals surface area contributed by atoms with Gasteiger partial charge >= 0.3 is 5.97 Å². The van der Waals surface area contributed by atoms with Gasteiger partial charge in [0.25, 0.3) is 0 Å². The fourth-order valence-corrected chi connectivity index (χ4v) is 2.94. The molecule has 0 radical (unpaired) electrons. The number of aliphatic hydroxyl groups is 1. The minimum absolute atomic E-state index is 0.114. The zero-order chi connectivity index (χ0) is 23.0. The number of aliphatic carboxylic acids is 1. The van der Waals surface area contributed by atoms with Crippen LogP contribution in [0.15, 0.2) is 0 Å². The quantitative estimate of drug-likeness (QED) is 0.166. The molecular weight excluding hydrogens is 404 g/mol. The molecule has 0 spiro atoms. The number of aliphatic hydroxyl groups excluding tert-OH is 1. The van der Waals surface area contributed by atoms with Gasteiger partial charge in [-0.2, -0.15) is 0 Å². The van der Waals surface area contributed by atoms with E-state index in [9.17, 15) is 39.0 Å². The van der Waals surface area contributed by atoms with Crippen molar-refractivity contribution >= 4 is 35.5 Å². The maximum Gasteiger partial charge on any atom is 0.326 e. The number of hydrogen-bond donors (Lipinski definition) is 7. The average molecular weight is 430 g/mol. The van der Waals surface area contributed by atoms with E-state index in [0.717, 1.165) is 4.90 Å². The fourth-order valence-electron chi connectivity index (χ4n) is 2.94. The molecule has 30 heavy (non-hydrogen) atoms. The molecule has 1 saturated heterocycles. The number of nitrogens with two attached hydrogens (primary N) is 3. The molecule has 1 heterocycles. The Morgan fingerprint density at radius 2 is 1.53 bits per heavy atom. The predicted molar refractivity (Wildman–Crippen MR) is 98.9 cm³/mol. The summed E-state index contributed by atoms with van der Waals surface area (Å²) in [5, 5.41) is 22.9. The van der Waals surface area contributed by atoms with Crippen molar-refractivity contribution in [3.63, 3.8) is 0 Å². The maximum atomic E-state index is 12.7. The molecule has 4 atom stereocenters. The number of carboxylic acid groups (broad SMARTS) is 1. The number of nitrogens with zero attached hydrogens (tertiary/aromatic N) is 1. The number of primary amides is 2. The molecule has 1 aliphatic rings. The summed E-state index contributed by atoms with van der Waals surface area (Å²) in [5.74, 6) is -5.84. The zero-order valence-corrected chi connectivity index (χ0v) is 16.1. The van der Waals surface area contributed by atoms with E-state index in [4.69, 9.17) is 17.2 Å². The summed E-state index contributed by atoms with van der Waals surface area (Å²) in [5.41, 5.74) is 15.5. The monoisotopic (exact) mass is 430 g/mol. The van der Waals surface area contributed by atoms with E-state index in [2.05, 4.69) is 10.6 Å². The Kier molecular flexibility index (Phi) is 9.14. The number of amides is 5. The van der Waals surface area contributed by atoms with E-state index in [-0.39, 0.29) is 13.0 Å². The van der Waals surface area contributed by atoms with Crippen molar-refractivity contribution in [2.75, 3.05) is 13.2 Å². The van der Waals surface area contributed by atoms with Crippen molar-refractivity contribution in [2.24, 2.45) is 17.2 Å². The van der Waals surface area contributed by atoms with Gasteiger partial charge < -0.3 is 42.9 Å². The number of carbonyl (C=O) groups is 6. The lowest BCUT2D eigenvalue weighted by molar-refractivity contribution is -0.149. The maximum absolute atomic E-state index is 12.7. The van der Waals surface area contributed by atoms with Crippen molar-refractivity contribution in [3.8, 4) is 0 Å². The smallest absolute Gasteiger partial charge is 0.326 e.